The van der Waals surface area contributed by atoms with E-state index in [2.05, 4.69) is 98.5 Å². The van der Waals surface area contributed by atoms with E-state index in [4.69, 9.17) is 163 Å². The first kappa shape index (κ1) is 90.8. The number of nitrogens with zero attached hydrogens (tertiary/aromatic N) is 14. The van der Waals surface area contributed by atoms with E-state index in [1.165, 1.54) is 110 Å². The van der Waals surface area contributed by atoms with E-state index in [1.807, 2.05) is 0 Å². The van der Waals surface area contributed by atoms with Gasteiger partial charge in [-0.2, -0.15) is 0 Å². The van der Waals surface area contributed by atoms with Crippen LogP contribution in [0, 0.1) is 6.92 Å². The van der Waals surface area contributed by atoms with Gasteiger partial charge in [-0.15, -0.1) is 67.7 Å². The highest BCUT2D eigenvalue weighted by Crippen LogP contribution is 2.46. The summed E-state index contributed by atoms with van der Waals surface area (Å²) >= 11 is 88.3. The SMILES string of the molecule is BrB(Br)Br.CCOC(=O)Cn1cc(-c2cc(C)c(C(=O)c3[nH]c(Cl)c(Cl)c3-n3c(C(=O)c4cc(Cl)c(-c5cn(CC(=O)OCC)nn5)cc4OC)cc(Cl)c3Cl)cc2Cl)nn1.CCOC(=O)Cn1cc(-c2cc(O)c(C(=O)c3[nH]c(Cl)c(Cl)c3-n3c(C(=O)c4cc(Cl)c(-c5cn(CC(=O)OCC)nn5)cc4O)cc(Cl)c3Cl)cc2Cl)nn1. The van der Waals surface area contributed by atoms with E-state index in [0.29, 0.717) is 22.4 Å². The molecule has 4 N–H and O–H groups in total. The fourth-order valence-corrected chi connectivity index (χ4v) is 14.0. The number of methoxy groups -OCH3 is 1. The summed E-state index contributed by atoms with van der Waals surface area (Å²) in [5, 5.41) is 52.8. The monoisotopic (exact) mass is 2020 g/mol. The van der Waals surface area contributed by atoms with E-state index in [-0.39, 0.29) is 207 Å². The molecule has 0 saturated carbocycles. The van der Waals surface area contributed by atoms with Crippen molar-refractivity contribution in [2.45, 2.75) is 60.8 Å². The molecule has 0 aliphatic rings. The molecule has 0 aliphatic carbocycles. The second kappa shape index (κ2) is 39.6. The highest BCUT2D eigenvalue weighted by Gasteiger charge is 2.35. The van der Waals surface area contributed by atoms with Gasteiger partial charge in [0.25, 0.3) is 0 Å². The summed E-state index contributed by atoms with van der Waals surface area (Å²) in [5.74, 6) is -6.13. The van der Waals surface area contributed by atoms with Crippen LogP contribution < -0.4 is 4.74 Å². The van der Waals surface area contributed by atoms with Gasteiger partial charge in [0.05, 0.1) is 128 Å². The Morgan fingerprint density at radius 2 is 0.701 bits per heavy atom. The second-order valence-corrected chi connectivity index (χ2v) is 34.9. The zero-order valence-electron chi connectivity index (χ0n) is 60.4. The van der Waals surface area contributed by atoms with Gasteiger partial charge in [0.2, 0.25) is 23.1 Å². The summed E-state index contributed by atoms with van der Waals surface area (Å²) in [6.45, 7) is 8.37. The average Bonchev–Trinajstić information content (AvgIpc) is 1.60. The number of nitrogens with one attached hydrogen (secondary N) is 2. The summed E-state index contributed by atoms with van der Waals surface area (Å²) in [6, 6.07) is 13.1. The molecule has 0 spiro atoms. The van der Waals surface area contributed by atoms with Crippen LogP contribution in [0.25, 0.3) is 56.4 Å². The van der Waals surface area contributed by atoms with Crippen LogP contribution in [0.2, 0.25) is 60.8 Å². The number of aromatic nitrogens is 16. The third kappa shape index (κ3) is 20.5. The number of carbonyl (C=O) groups is 8. The maximum Gasteiger partial charge on any atom is 0.369 e. The third-order valence-corrected chi connectivity index (χ3v) is 20.6. The molecule has 610 valence electrons. The van der Waals surface area contributed by atoms with Gasteiger partial charge in [-0.1, -0.05) is 160 Å². The van der Waals surface area contributed by atoms with Crippen LogP contribution in [0.3, 0.4) is 0 Å². The number of aromatic amines is 2. The molecule has 117 heavy (non-hydrogen) atoms. The zero-order valence-corrected chi connectivity index (χ0v) is 74.3. The van der Waals surface area contributed by atoms with Gasteiger partial charge >= 0.3 is 27.1 Å². The van der Waals surface area contributed by atoms with E-state index in [0.717, 1.165) is 4.57 Å². The maximum atomic E-state index is 14.4. The number of carbonyl (C=O) groups excluding carboxylic acids is 8. The number of esters is 4. The molecular formula is C70H52BBr3Cl12N16O15. The number of phenolic OH excluding ortho intramolecular Hbond substituents is 2. The Balaban J connectivity index is 0.000000236. The van der Waals surface area contributed by atoms with E-state index in [9.17, 15) is 48.6 Å². The van der Waals surface area contributed by atoms with Crippen molar-refractivity contribution in [2.75, 3.05) is 33.5 Å². The molecule has 0 fully saturated rings. The molecule has 31 nitrogen and oxygen atoms in total. The van der Waals surface area contributed by atoms with Crippen molar-refractivity contribution in [3.63, 3.8) is 0 Å². The fraction of sp³-hybridized carbons (Fsp3) is 0.200. The highest BCUT2D eigenvalue weighted by atomic mass is 79.9. The second-order valence-electron chi connectivity index (χ2n) is 23.8. The number of halogens is 15. The quantitative estimate of drug-likeness (QED) is 0.0161. The van der Waals surface area contributed by atoms with Gasteiger partial charge in [-0.25, -0.2) is 18.7 Å². The zero-order chi connectivity index (χ0) is 85.5. The molecule has 12 aromatic rings. The van der Waals surface area contributed by atoms with Crippen molar-refractivity contribution in [3.8, 4) is 73.7 Å². The van der Waals surface area contributed by atoms with Crippen molar-refractivity contribution in [2.24, 2.45) is 0 Å². The molecule has 12 rings (SSSR count). The van der Waals surface area contributed by atoms with Crippen LogP contribution >= 0.6 is 186 Å². The first-order chi connectivity index (χ1) is 55.5. The van der Waals surface area contributed by atoms with E-state index < -0.39 is 58.5 Å². The minimum absolute atomic E-state index is 0.0136. The average molecular weight is 2030 g/mol. The van der Waals surface area contributed by atoms with Crippen LogP contribution in [0.1, 0.15) is 97.5 Å². The lowest BCUT2D eigenvalue weighted by atomic mass is 9.98. The number of aryl methyl sites for hydroxylation is 1. The van der Waals surface area contributed by atoms with Crippen molar-refractivity contribution in [3.05, 3.63) is 197 Å². The topological polar surface area (TPSA) is 387 Å². The molecule has 0 saturated heterocycles. The predicted molar refractivity (Wildman–Crippen MR) is 450 cm³/mol. The first-order valence-electron chi connectivity index (χ1n) is 33.4. The Morgan fingerprint density at radius 1 is 0.410 bits per heavy atom. The molecule has 0 atom stereocenters. The van der Waals surface area contributed by atoms with Gasteiger partial charge in [-0.3, -0.25) is 47.5 Å². The van der Waals surface area contributed by atoms with Crippen LogP contribution in [0.5, 0.6) is 17.2 Å². The normalized spacial score (nSPS) is 11.1. The van der Waals surface area contributed by atoms with Gasteiger partial charge in [0.15, 0.2) is 0 Å². The molecule has 0 bridgehead atoms. The molecule has 8 aromatic heterocycles. The standard InChI is InChI=1S/C36H28Cl6N8O7.C34H24Cl6N8O8.BBr3/c1-5-56-28(51)14-48-12-24(44-46-48)18-7-16(3)17(8-21(18)37)34(54)31-32(30(40)35(41)43-31)50-26(11-23(39)36(50)42)33(53)20-9-22(38)19(10-27(20)55-4)25-13-49(47-45-25)15-29(52)57-6-2;1-3-55-26(51)12-46-10-21(42-44-46)14-7-24(49)16(5-18(14)35)31(53)23-9-20(37)34(40)48(23)30-28(38)33(39)41-29(30)32(54)17-6-19(36)15(8-25(17)50)22-11-47(45-43-22)13-27(52)56-4-2;2-1(3)4/h7-13,43H,5-6,14-15H2,1-4H3;5-11,41,49-50H,3-4,12-13H2,1-2H3;. The first-order valence-corrected chi connectivity index (χ1v) is 40.7. The lowest BCUT2D eigenvalue weighted by molar-refractivity contribution is -0.145. The van der Waals surface area contributed by atoms with Crippen LogP contribution in [0.4, 0.5) is 0 Å². The smallest absolute Gasteiger partial charge is 0.369 e. The van der Waals surface area contributed by atoms with Gasteiger partial charge in [0, 0.05) is 27.8 Å². The summed E-state index contributed by atoms with van der Waals surface area (Å²) in [6.07, 6.45) is 5.81. The Kier molecular flexibility index (Phi) is 30.7. The lowest BCUT2D eigenvalue weighted by Gasteiger charge is -2.15. The number of phenols is 2. The minimum atomic E-state index is -0.892. The van der Waals surface area contributed by atoms with Crippen molar-refractivity contribution in [1.82, 2.24) is 79.1 Å². The summed E-state index contributed by atoms with van der Waals surface area (Å²) < 4.78 is 32.9. The summed E-state index contributed by atoms with van der Waals surface area (Å²) in [5.41, 5.74) is 0.896. The van der Waals surface area contributed by atoms with Crippen LogP contribution in [0.15, 0.2) is 85.5 Å². The Morgan fingerprint density at radius 3 is 1.03 bits per heavy atom. The number of benzene rings is 4. The van der Waals surface area contributed by atoms with Crippen LogP contribution in [-0.4, -0.2) is 173 Å². The number of rotatable bonds is 27. The molecule has 0 radical (unpaired) electrons. The number of ketones is 4. The van der Waals surface area contributed by atoms with Gasteiger partial charge < -0.3 is 43.9 Å². The Labute approximate surface area is 746 Å². The molecule has 0 unspecified atom stereocenters. The van der Waals surface area contributed by atoms with Gasteiger partial charge in [0.1, 0.15) is 108 Å². The number of aromatic hydroxyl groups is 2. The fourth-order valence-electron chi connectivity index (χ4n) is 11.3. The highest BCUT2D eigenvalue weighted by molar-refractivity contribution is 9.69. The van der Waals surface area contributed by atoms with E-state index in [1.54, 1.807) is 40.7 Å². The number of H-pyrrole nitrogens is 2. The number of ether oxygens (including phenoxy) is 5. The summed E-state index contributed by atoms with van der Waals surface area (Å²) in [7, 11) is 1.35. The molecule has 0 aliphatic heterocycles. The molecule has 8 heterocycles. The van der Waals surface area contributed by atoms with E-state index >= 15 is 0 Å². The van der Waals surface area contributed by atoms with Gasteiger partial charge in [-0.05, 0) is 101 Å². The minimum Gasteiger partial charge on any atom is -0.507 e. The van der Waals surface area contributed by atoms with Crippen molar-refractivity contribution >= 4 is 237 Å². The van der Waals surface area contributed by atoms with Crippen molar-refractivity contribution in [1.29, 1.82) is 0 Å². The molecule has 0 amide bonds. The molecule has 47 heteroatoms. The lowest BCUT2D eigenvalue weighted by Crippen LogP contribution is -2.14. The summed E-state index contributed by atoms with van der Waals surface area (Å²) in [4.78, 5) is 110. The van der Waals surface area contributed by atoms with Crippen molar-refractivity contribution < 1.29 is 72.3 Å². The molecular weight excluding hydrogens is 1980 g/mol. The number of hydrogen-bond acceptors (Lipinski definition) is 23. The van der Waals surface area contributed by atoms with Crippen LogP contribution in [-0.2, 0) is 64.3 Å². The Bertz CT molecular complexity index is 5740. The predicted octanol–water partition coefficient (Wildman–Crippen LogP) is 17.5. The number of hydrogen-bond donors (Lipinski definition) is 4. The Hall–Kier alpha value is -8.50. The third-order valence-electron chi connectivity index (χ3n) is 16.3. The largest absolute Gasteiger partial charge is 0.507 e. The maximum absolute atomic E-state index is 14.4. The molecule has 4 aromatic carbocycles.